The van der Waals surface area contributed by atoms with E-state index in [1.54, 1.807) is 12.5 Å². The fraction of sp³-hybridized carbons (Fsp3) is 0.286. The molecule has 1 aromatic carbocycles. The molecule has 0 aliphatic carbocycles. The summed E-state index contributed by atoms with van der Waals surface area (Å²) in [5.41, 5.74) is 8.85. The zero-order chi connectivity index (χ0) is 13.0. The van der Waals surface area contributed by atoms with Gasteiger partial charge in [-0.1, -0.05) is 6.07 Å². The average Bonchev–Trinajstić information content (AvgIpc) is 2.85. The number of benzene rings is 1. The lowest BCUT2D eigenvalue weighted by Gasteiger charge is -2.21. The van der Waals surface area contributed by atoms with Crippen molar-refractivity contribution >= 4 is 11.4 Å². The van der Waals surface area contributed by atoms with Crippen molar-refractivity contribution in [2.24, 2.45) is 0 Å². The summed E-state index contributed by atoms with van der Waals surface area (Å²) in [5.74, 6) is 0.731. The highest BCUT2D eigenvalue weighted by atomic mass is 16.5. The lowest BCUT2D eigenvalue weighted by molar-refractivity contribution is 0.342. The Morgan fingerprint density at radius 3 is 2.83 bits per heavy atom. The van der Waals surface area contributed by atoms with Crippen LogP contribution in [-0.2, 0) is 6.54 Å². The molecule has 4 nitrogen and oxygen atoms in total. The smallest absolute Gasteiger partial charge is 0.144 e. The van der Waals surface area contributed by atoms with Gasteiger partial charge in [0.2, 0.25) is 0 Å². The lowest BCUT2D eigenvalue weighted by Crippen LogP contribution is -2.17. The number of nitrogens with zero attached hydrogens (tertiary/aromatic N) is 1. The lowest BCUT2D eigenvalue weighted by atomic mass is 10.2. The fourth-order valence-electron chi connectivity index (χ4n) is 1.89. The van der Waals surface area contributed by atoms with Crippen LogP contribution in [0.1, 0.15) is 12.5 Å². The Hall–Kier alpha value is -2.10. The summed E-state index contributed by atoms with van der Waals surface area (Å²) in [4.78, 5) is 2.07. The molecule has 4 heteroatoms. The van der Waals surface area contributed by atoms with Gasteiger partial charge < -0.3 is 19.8 Å². The molecule has 2 aromatic rings. The summed E-state index contributed by atoms with van der Waals surface area (Å²) in [6.45, 7) is 3.30. The minimum absolute atomic E-state index is 0.610. The first-order valence-electron chi connectivity index (χ1n) is 5.96. The zero-order valence-corrected chi connectivity index (χ0v) is 10.7. The van der Waals surface area contributed by atoms with E-state index in [1.807, 2.05) is 38.2 Å². The Bertz CT molecular complexity index is 495. The predicted molar refractivity (Wildman–Crippen MR) is 72.8 cm³/mol. The van der Waals surface area contributed by atoms with Gasteiger partial charge in [-0.15, -0.1) is 0 Å². The van der Waals surface area contributed by atoms with Crippen LogP contribution in [-0.4, -0.2) is 13.7 Å². The maximum absolute atomic E-state index is 6.11. The van der Waals surface area contributed by atoms with Crippen molar-refractivity contribution in [3.63, 3.8) is 0 Å². The second kappa shape index (κ2) is 5.49. The van der Waals surface area contributed by atoms with Gasteiger partial charge in [-0.25, -0.2) is 0 Å². The van der Waals surface area contributed by atoms with Gasteiger partial charge in [0.05, 0.1) is 30.5 Å². The van der Waals surface area contributed by atoms with E-state index in [0.717, 1.165) is 23.5 Å². The summed E-state index contributed by atoms with van der Waals surface area (Å²) in [6.07, 6.45) is 3.40. The second-order valence-electron chi connectivity index (χ2n) is 4.11. The maximum atomic E-state index is 6.11. The van der Waals surface area contributed by atoms with Gasteiger partial charge in [-0.05, 0) is 25.1 Å². The van der Waals surface area contributed by atoms with E-state index in [4.69, 9.17) is 14.9 Å². The van der Waals surface area contributed by atoms with Crippen LogP contribution in [0.2, 0.25) is 0 Å². The number of nitrogen functional groups attached to an aromatic ring is 1. The third kappa shape index (κ3) is 2.59. The van der Waals surface area contributed by atoms with E-state index >= 15 is 0 Å². The second-order valence-corrected chi connectivity index (χ2v) is 4.11. The molecule has 1 heterocycles. The molecule has 0 aliphatic heterocycles. The van der Waals surface area contributed by atoms with Gasteiger partial charge in [0.1, 0.15) is 5.75 Å². The Labute approximate surface area is 107 Å². The first-order valence-corrected chi connectivity index (χ1v) is 5.96. The van der Waals surface area contributed by atoms with Crippen molar-refractivity contribution in [3.05, 3.63) is 42.4 Å². The Kier molecular flexibility index (Phi) is 3.77. The molecule has 0 saturated carbocycles. The highest BCUT2D eigenvalue weighted by Crippen LogP contribution is 2.32. The molecule has 0 saturated heterocycles. The summed E-state index contributed by atoms with van der Waals surface area (Å²) >= 11 is 0. The van der Waals surface area contributed by atoms with E-state index < -0.39 is 0 Å². The van der Waals surface area contributed by atoms with Crippen molar-refractivity contribution in [2.75, 3.05) is 24.3 Å². The van der Waals surface area contributed by atoms with Crippen molar-refractivity contribution in [2.45, 2.75) is 13.5 Å². The zero-order valence-electron chi connectivity index (χ0n) is 10.7. The quantitative estimate of drug-likeness (QED) is 0.824. The summed E-state index contributed by atoms with van der Waals surface area (Å²) in [5, 5.41) is 0. The van der Waals surface area contributed by atoms with Crippen molar-refractivity contribution in [1.82, 2.24) is 0 Å². The molecule has 0 fully saturated rings. The molecule has 0 radical (unpaired) electrons. The van der Waals surface area contributed by atoms with Crippen molar-refractivity contribution < 1.29 is 9.15 Å². The number of para-hydroxylation sites is 1. The SMILES string of the molecule is CCOc1cccc(N(C)Cc2ccoc2)c1N. The van der Waals surface area contributed by atoms with Crippen LogP contribution in [0.5, 0.6) is 5.75 Å². The Morgan fingerprint density at radius 1 is 1.33 bits per heavy atom. The fourth-order valence-corrected chi connectivity index (χ4v) is 1.89. The number of rotatable bonds is 5. The predicted octanol–water partition coefficient (Wildman–Crippen LogP) is 2.90. The van der Waals surface area contributed by atoms with Gasteiger partial charge in [-0.2, -0.15) is 0 Å². The molecular formula is C14H18N2O2. The molecule has 18 heavy (non-hydrogen) atoms. The average molecular weight is 246 g/mol. The highest BCUT2D eigenvalue weighted by molar-refractivity contribution is 5.73. The number of ether oxygens (including phenoxy) is 1. The largest absolute Gasteiger partial charge is 0.492 e. The molecule has 1 aromatic heterocycles. The molecule has 2 rings (SSSR count). The van der Waals surface area contributed by atoms with E-state index in [-0.39, 0.29) is 0 Å². The van der Waals surface area contributed by atoms with Crippen LogP contribution in [0, 0.1) is 0 Å². The molecule has 2 N–H and O–H groups in total. The van der Waals surface area contributed by atoms with E-state index in [2.05, 4.69) is 4.90 Å². The standard InChI is InChI=1S/C14H18N2O2/c1-3-18-13-6-4-5-12(14(13)15)16(2)9-11-7-8-17-10-11/h4-8,10H,3,9,15H2,1-2H3. The van der Waals surface area contributed by atoms with Gasteiger partial charge in [-0.3, -0.25) is 0 Å². The van der Waals surface area contributed by atoms with Gasteiger partial charge in [0.25, 0.3) is 0 Å². The molecular weight excluding hydrogens is 228 g/mol. The highest BCUT2D eigenvalue weighted by Gasteiger charge is 2.10. The topological polar surface area (TPSA) is 51.6 Å². The normalized spacial score (nSPS) is 10.3. The molecule has 96 valence electrons. The van der Waals surface area contributed by atoms with E-state index in [1.165, 1.54) is 0 Å². The van der Waals surface area contributed by atoms with Gasteiger partial charge in [0.15, 0.2) is 0 Å². The molecule has 0 unspecified atom stereocenters. The molecule has 0 aliphatic rings. The number of hydrogen-bond donors (Lipinski definition) is 1. The number of hydrogen-bond acceptors (Lipinski definition) is 4. The Morgan fingerprint density at radius 2 is 2.17 bits per heavy atom. The van der Waals surface area contributed by atoms with E-state index in [0.29, 0.717) is 12.3 Å². The van der Waals surface area contributed by atoms with Crippen LogP contribution in [0.15, 0.2) is 41.2 Å². The van der Waals surface area contributed by atoms with Gasteiger partial charge >= 0.3 is 0 Å². The molecule has 0 spiro atoms. The molecule has 0 atom stereocenters. The summed E-state index contributed by atoms with van der Waals surface area (Å²) < 4.78 is 10.6. The van der Waals surface area contributed by atoms with Crippen LogP contribution >= 0.6 is 0 Å². The molecule has 0 bridgehead atoms. The maximum Gasteiger partial charge on any atom is 0.144 e. The van der Waals surface area contributed by atoms with Crippen LogP contribution in [0.3, 0.4) is 0 Å². The third-order valence-corrected chi connectivity index (χ3v) is 2.75. The third-order valence-electron chi connectivity index (χ3n) is 2.75. The van der Waals surface area contributed by atoms with Gasteiger partial charge in [0, 0.05) is 19.2 Å². The Balaban J connectivity index is 2.19. The van der Waals surface area contributed by atoms with Crippen molar-refractivity contribution in [3.8, 4) is 5.75 Å². The number of furan rings is 1. The summed E-state index contributed by atoms with van der Waals surface area (Å²) in [6, 6.07) is 7.76. The summed E-state index contributed by atoms with van der Waals surface area (Å²) in [7, 11) is 1.99. The van der Waals surface area contributed by atoms with Crippen LogP contribution in [0.25, 0.3) is 0 Å². The minimum atomic E-state index is 0.610. The monoisotopic (exact) mass is 246 g/mol. The van der Waals surface area contributed by atoms with Crippen molar-refractivity contribution in [1.29, 1.82) is 0 Å². The van der Waals surface area contributed by atoms with Crippen LogP contribution in [0.4, 0.5) is 11.4 Å². The number of anilines is 2. The first kappa shape index (κ1) is 12.4. The number of nitrogens with two attached hydrogens (primary N) is 1. The van der Waals surface area contributed by atoms with Crippen LogP contribution < -0.4 is 15.4 Å². The minimum Gasteiger partial charge on any atom is -0.492 e. The first-order chi connectivity index (χ1) is 8.72. The molecule has 0 amide bonds. The van der Waals surface area contributed by atoms with E-state index in [9.17, 15) is 0 Å².